The fourth-order valence-corrected chi connectivity index (χ4v) is 5.50. The Bertz CT molecular complexity index is 1370. The number of benzene rings is 2. The highest BCUT2D eigenvalue weighted by Gasteiger charge is 2.42. The third kappa shape index (κ3) is 3.67. The van der Waals surface area contributed by atoms with Crippen molar-refractivity contribution in [2.24, 2.45) is 0 Å². The first-order valence-electron chi connectivity index (χ1n) is 11.6. The van der Waals surface area contributed by atoms with E-state index in [1.165, 1.54) is 6.07 Å². The van der Waals surface area contributed by atoms with Crippen LogP contribution in [0, 0.1) is 5.82 Å². The van der Waals surface area contributed by atoms with E-state index in [4.69, 9.17) is 16.6 Å². The third-order valence-corrected chi connectivity index (χ3v) is 7.36. The number of carbonyl (C=O) groups is 1. The van der Waals surface area contributed by atoms with Gasteiger partial charge in [0.15, 0.2) is 0 Å². The summed E-state index contributed by atoms with van der Waals surface area (Å²) in [6, 6.07) is 20.4. The van der Waals surface area contributed by atoms with Crippen molar-refractivity contribution >= 4 is 23.2 Å². The van der Waals surface area contributed by atoms with Crippen molar-refractivity contribution in [1.82, 2.24) is 19.2 Å². The van der Waals surface area contributed by atoms with Gasteiger partial charge in [0.25, 0.3) is 5.91 Å². The number of piperazine rings is 1. The highest BCUT2D eigenvalue weighted by atomic mass is 35.5. The molecule has 3 saturated heterocycles. The maximum absolute atomic E-state index is 14.3. The Morgan fingerprint density at radius 2 is 1.74 bits per heavy atom. The minimum atomic E-state index is -0.455. The van der Waals surface area contributed by atoms with Gasteiger partial charge in [-0.1, -0.05) is 41.9 Å². The van der Waals surface area contributed by atoms with E-state index in [-0.39, 0.29) is 23.6 Å². The quantitative estimate of drug-likeness (QED) is 0.404. The van der Waals surface area contributed by atoms with Crippen molar-refractivity contribution in [2.45, 2.75) is 31.5 Å². The highest BCUT2D eigenvalue weighted by molar-refractivity contribution is 6.30. The second-order valence-corrected chi connectivity index (χ2v) is 9.53. The summed E-state index contributed by atoms with van der Waals surface area (Å²) in [5.74, 6) is -0.659. The van der Waals surface area contributed by atoms with Gasteiger partial charge < -0.3 is 9.30 Å². The SMILES string of the molecule is O=C(c1ccccc1F)N1CC2CCC1CN2Cc1c(-c2ccc(Cl)cc2)nc2ccccn12. The number of carbonyl (C=O) groups excluding carboxylic acids is 1. The molecule has 3 aliphatic rings. The van der Waals surface area contributed by atoms with Crippen LogP contribution in [0.5, 0.6) is 0 Å². The lowest BCUT2D eigenvalue weighted by Crippen LogP contribution is -2.63. The molecule has 34 heavy (non-hydrogen) atoms. The number of rotatable bonds is 4. The Morgan fingerprint density at radius 3 is 2.50 bits per heavy atom. The molecule has 0 N–H and O–H groups in total. The zero-order valence-corrected chi connectivity index (χ0v) is 19.3. The first-order valence-corrected chi connectivity index (χ1v) is 12.0. The Hall–Kier alpha value is -3.22. The Morgan fingerprint density at radius 1 is 0.971 bits per heavy atom. The Kier molecular flexibility index (Phi) is 5.35. The van der Waals surface area contributed by atoms with Crippen LogP contribution in [0.25, 0.3) is 16.9 Å². The van der Waals surface area contributed by atoms with Crippen LogP contribution in [0.15, 0.2) is 72.9 Å². The molecule has 2 bridgehead atoms. The molecule has 5 heterocycles. The molecule has 2 atom stereocenters. The number of aromatic nitrogens is 2. The first-order chi connectivity index (χ1) is 16.6. The fourth-order valence-electron chi connectivity index (χ4n) is 5.38. The molecule has 1 amide bonds. The molecule has 0 aliphatic carbocycles. The predicted molar refractivity (Wildman–Crippen MR) is 130 cm³/mol. The van der Waals surface area contributed by atoms with E-state index in [0.29, 0.717) is 11.6 Å². The van der Waals surface area contributed by atoms with Crippen LogP contribution in [0.2, 0.25) is 5.02 Å². The number of piperidine rings is 2. The van der Waals surface area contributed by atoms with Crippen molar-refractivity contribution in [3.63, 3.8) is 0 Å². The number of amides is 1. The van der Waals surface area contributed by atoms with E-state index in [0.717, 1.165) is 48.5 Å². The summed E-state index contributed by atoms with van der Waals surface area (Å²) in [4.78, 5) is 22.4. The molecule has 0 radical (unpaired) electrons. The molecule has 4 aromatic rings. The highest BCUT2D eigenvalue weighted by Crippen LogP contribution is 2.34. The summed E-state index contributed by atoms with van der Waals surface area (Å²) in [6.45, 7) is 2.11. The van der Waals surface area contributed by atoms with Crippen molar-refractivity contribution in [2.75, 3.05) is 13.1 Å². The number of nitrogens with zero attached hydrogens (tertiary/aromatic N) is 4. The number of hydrogen-bond acceptors (Lipinski definition) is 3. The molecule has 2 aromatic carbocycles. The van der Waals surface area contributed by atoms with Gasteiger partial charge in [-0.15, -0.1) is 0 Å². The lowest BCUT2D eigenvalue weighted by Gasteiger charge is -2.51. The summed E-state index contributed by atoms with van der Waals surface area (Å²) in [5, 5.41) is 0.696. The molecule has 172 valence electrons. The van der Waals surface area contributed by atoms with Gasteiger partial charge in [-0.2, -0.15) is 0 Å². The number of pyridine rings is 1. The van der Waals surface area contributed by atoms with Crippen molar-refractivity contribution in [3.8, 4) is 11.3 Å². The molecule has 3 aliphatic heterocycles. The largest absolute Gasteiger partial charge is 0.333 e. The minimum Gasteiger partial charge on any atom is -0.333 e. The van der Waals surface area contributed by atoms with Crippen LogP contribution in [-0.4, -0.2) is 50.3 Å². The molecular weight excluding hydrogens is 451 g/mol. The van der Waals surface area contributed by atoms with Crippen molar-refractivity contribution < 1.29 is 9.18 Å². The minimum absolute atomic E-state index is 0.0790. The molecule has 2 unspecified atom stereocenters. The Labute approximate surface area is 202 Å². The van der Waals surface area contributed by atoms with Gasteiger partial charge in [0, 0.05) is 48.5 Å². The van der Waals surface area contributed by atoms with Gasteiger partial charge in [-0.3, -0.25) is 9.69 Å². The van der Waals surface area contributed by atoms with Gasteiger partial charge in [-0.25, -0.2) is 9.37 Å². The standard InChI is InChI=1S/C27H24ClFN4O/c28-19-10-8-18(9-11-19)26-24(32-14-4-3-7-25(32)30-26)17-31-15-21-13-12-20(31)16-33(21)27(34)22-5-1-2-6-23(22)29/h1-11,14,20-21H,12-13,15-17H2. The van der Waals surface area contributed by atoms with E-state index in [2.05, 4.69) is 9.30 Å². The van der Waals surface area contributed by atoms with E-state index in [1.807, 2.05) is 53.6 Å². The van der Waals surface area contributed by atoms with Gasteiger partial charge in [0.2, 0.25) is 0 Å². The van der Waals surface area contributed by atoms with E-state index in [9.17, 15) is 9.18 Å². The molecule has 2 aromatic heterocycles. The first kappa shape index (κ1) is 21.3. The van der Waals surface area contributed by atoms with Gasteiger partial charge in [0.05, 0.1) is 17.0 Å². The summed E-state index contributed by atoms with van der Waals surface area (Å²) < 4.78 is 16.4. The van der Waals surface area contributed by atoms with Gasteiger partial charge in [-0.05, 0) is 49.2 Å². The normalized spacial score (nSPS) is 20.2. The Balaban J connectivity index is 1.29. The number of hydrogen-bond donors (Lipinski definition) is 0. The lowest BCUT2D eigenvalue weighted by atomic mass is 9.89. The van der Waals surface area contributed by atoms with Crippen LogP contribution in [0.3, 0.4) is 0 Å². The summed E-state index contributed by atoms with van der Waals surface area (Å²) in [6.07, 6.45) is 4.02. The van der Waals surface area contributed by atoms with Gasteiger partial charge >= 0.3 is 0 Å². The van der Waals surface area contributed by atoms with Crippen LogP contribution >= 0.6 is 11.6 Å². The lowest BCUT2D eigenvalue weighted by molar-refractivity contribution is -0.0161. The van der Waals surface area contributed by atoms with Gasteiger partial charge in [0.1, 0.15) is 11.5 Å². The molecule has 5 nitrogen and oxygen atoms in total. The van der Waals surface area contributed by atoms with E-state index >= 15 is 0 Å². The summed E-state index contributed by atoms with van der Waals surface area (Å²) in [5.41, 5.74) is 4.16. The second-order valence-electron chi connectivity index (χ2n) is 9.09. The zero-order chi connectivity index (χ0) is 23.2. The van der Waals surface area contributed by atoms with E-state index in [1.54, 1.807) is 18.2 Å². The average Bonchev–Trinajstić information content (AvgIpc) is 3.23. The van der Waals surface area contributed by atoms with Crippen molar-refractivity contribution in [3.05, 3.63) is 95.0 Å². The molecule has 7 rings (SSSR count). The summed E-state index contributed by atoms with van der Waals surface area (Å²) >= 11 is 6.12. The maximum atomic E-state index is 14.3. The zero-order valence-electron chi connectivity index (χ0n) is 18.6. The van der Waals surface area contributed by atoms with Crippen LogP contribution in [0.1, 0.15) is 28.9 Å². The van der Waals surface area contributed by atoms with Crippen LogP contribution in [0.4, 0.5) is 4.39 Å². The predicted octanol–water partition coefficient (Wildman–Crippen LogP) is 5.28. The summed E-state index contributed by atoms with van der Waals surface area (Å²) in [7, 11) is 0. The molecule has 0 saturated carbocycles. The topological polar surface area (TPSA) is 40.9 Å². The number of fused-ring (bicyclic) bond motifs is 4. The van der Waals surface area contributed by atoms with Crippen molar-refractivity contribution in [1.29, 1.82) is 0 Å². The maximum Gasteiger partial charge on any atom is 0.257 e. The average molecular weight is 475 g/mol. The number of halogens is 2. The van der Waals surface area contributed by atoms with Crippen LogP contribution in [-0.2, 0) is 6.54 Å². The monoisotopic (exact) mass is 474 g/mol. The molecule has 0 spiro atoms. The molecular formula is C27H24ClFN4O. The smallest absolute Gasteiger partial charge is 0.257 e. The van der Waals surface area contributed by atoms with Crippen LogP contribution < -0.4 is 0 Å². The second kappa shape index (κ2) is 8.53. The molecule has 3 fully saturated rings. The number of imidazole rings is 1. The molecule has 7 heteroatoms. The van der Waals surface area contributed by atoms with E-state index < -0.39 is 5.82 Å². The fraction of sp³-hybridized carbons (Fsp3) is 0.259. The third-order valence-electron chi connectivity index (χ3n) is 7.11.